The second kappa shape index (κ2) is 2.59. The van der Waals surface area contributed by atoms with Gasteiger partial charge >= 0.3 is 12.6 Å². The minimum absolute atomic E-state index is 1.33. The summed E-state index contributed by atoms with van der Waals surface area (Å²) in [6.07, 6.45) is -12.8. The number of rotatable bonds is 1. The molecule has 0 bridgehead atoms. The summed E-state index contributed by atoms with van der Waals surface area (Å²) in [5.41, 5.74) is 0. The molecule has 0 spiro atoms. The molecular weight excluding hydrogens is 180 g/mol. The number of hydrogen-bond acceptors (Lipinski definition) is 1. The van der Waals surface area contributed by atoms with Gasteiger partial charge in [0.15, 0.2) is 0 Å². The Hall–Kier alpha value is -0.950. The molecule has 0 N–H and O–H groups in total. The number of halogens is 6. The molecule has 66 valence electrons. The van der Waals surface area contributed by atoms with Gasteiger partial charge in [0.1, 0.15) is 0 Å². The van der Waals surface area contributed by atoms with Crippen molar-refractivity contribution in [2.24, 2.45) is 0 Å². The van der Waals surface area contributed by atoms with Crippen LogP contribution in [0.1, 0.15) is 0 Å². The third kappa shape index (κ3) is 2.64. The first-order valence-corrected chi connectivity index (χ1v) is 2.08. The number of amides is 1. The zero-order chi connectivity index (χ0) is 9.28. The highest BCUT2D eigenvalue weighted by Gasteiger charge is 2.53. The average molecular weight is 181 g/mol. The van der Waals surface area contributed by atoms with E-state index in [0.717, 1.165) is 0 Å². The molecule has 2 nitrogen and oxygen atoms in total. The minimum Gasteiger partial charge on any atom is -0.278 e. The van der Waals surface area contributed by atoms with Crippen LogP contribution < -0.4 is 0 Å². The van der Waals surface area contributed by atoms with Crippen LogP contribution in [0.2, 0.25) is 0 Å². The minimum atomic E-state index is -5.71. The molecule has 0 aromatic heterocycles. The van der Waals surface area contributed by atoms with Gasteiger partial charge in [-0.05, 0) is 0 Å². The van der Waals surface area contributed by atoms with Crippen LogP contribution in [0.4, 0.5) is 26.3 Å². The standard InChI is InChI=1S/C3HF6NO/c4-2(5,6)10(1-11)3(7,8)9/h1H. The first-order valence-electron chi connectivity index (χ1n) is 2.08. The average Bonchev–Trinajstić information content (AvgIpc) is 1.56. The predicted molar refractivity (Wildman–Crippen MR) is 20.0 cm³/mol. The Morgan fingerprint density at radius 2 is 1.18 bits per heavy atom. The molecule has 0 aliphatic rings. The van der Waals surface area contributed by atoms with Gasteiger partial charge in [0.2, 0.25) is 6.41 Å². The third-order valence-corrected chi connectivity index (χ3v) is 0.652. The molecule has 1 amide bonds. The van der Waals surface area contributed by atoms with Crippen LogP contribution in [0.5, 0.6) is 0 Å². The van der Waals surface area contributed by atoms with E-state index >= 15 is 0 Å². The summed E-state index contributed by atoms with van der Waals surface area (Å²) in [6.45, 7) is 0. The molecule has 0 aliphatic carbocycles. The number of hydrogen-bond donors (Lipinski definition) is 0. The Morgan fingerprint density at radius 3 is 1.18 bits per heavy atom. The molecule has 0 saturated heterocycles. The van der Waals surface area contributed by atoms with Crippen molar-refractivity contribution < 1.29 is 31.1 Å². The van der Waals surface area contributed by atoms with E-state index in [1.165, 1.54) is 0 Å². The van der Waals surface area contributed by atoms with Gasteiger partial charge in [0.05, 0.1) is 0 Å². The second-order valence-corrected chi connectivity index (χ2v) is 1.41. The van der Waals surface area contributed by atoms with Crippen molar-refractivity contribution in [2.75, 3.05) is 0 Å². The van der Waals surface area contributed by atoms with Crippen LogP contribution in [0.25, 0.3) is 0 Å². The summed E-state index contributed by atoms with van der Waals surface area (Å²) in [6, 6.07) is 0. The van der Waals surface area contributed by atoms with E-state index in [0.29, 0.717) is 0 Å². The summed E-state index contributed by atoms with van der Waals surface area (Å²) >= 11 is 0. The molecule has 8 heteroatoms. The highest BCUT2D eigenvalue weighted by Crippen LogP contribution is 2.31. The van der Waals surface area contributed by atoms with Crippen LogP contribution in [0, 0.1) is 0 Å². The lowest BCUT2D eigenvalue weighted by Gasteiger charge is -2.21. The maximum atomic E-state index is 11.2. The van der Waals surface area contributed by atoms with E-state index in [1.807, 2.05) is 0 Å². The Labute approximate surface area is 56.4 Å². The topological polar surface area (TPSA) is 20.3 Å². The Balaban J connectivity index is 4.56. The number of carbonyl (C=O) groups is 1. The summed E-state index contributed by atoms with van der Waals surface area (Å²) in [4.78, 5) is 7.10. The molecule has 0 unspecified atom stereocenters. The fourth-order valence-corrected chi connectivity index (χ4v) is 0.263. The van der Waals surface area contributed by atoms with E-state index in [2.05, 4.69) is 0 Å². The first kappa shape index (κ1) is 10.1. The Morgan fingerprint density at radius 1 is 0.909 bits per heavy atom. The molecule has 0 fully saturated rings. The largest absolute Gasteiger partial charge is 0.493 e. The molecular formula is C3HF6NO. The van der Waals surface area contributed by atoms with Crippen molar-refractivity contribution in [3.8, 4) is 0 Å². The second-order valence-electron chi connectivity index (χ2n) is 1.41. The number of nitrogens with zero attached hydrogens (tertiary/aromatic N) is 1. The van der Waals surface area contributed by atoms with Crippen LogP contribution in [-0.4, -0.2) is 23.9 Å². The maximum absolute atomic E-state index is 11.2. The van der Waals surface area contributed by atoms with Gasteiger partial charge in [-0.3, -0.25) is 4.79 Å². The van der Waals surface area contributed by atoms with Crippen molar-refractivity contribution in [2.45, 2.75) is 12.6 Å². The van der Waals surface area contributed by atoms with E-state index in [-0.39, 0.29) is 0 Å². The normalized spacial score (nSPS) is 12.9. The quantitative estimate of drug-likeness (QED) is 0.341. The van der Waals surface area contributed by atoms with Crippen molar-refractivity contribution >= 4 is 6.41 Å². The zero-order valence-corrected chi connectivity index (χ0v) is 4.70. The lowest BCUT2D eigenvalue weighted by atomic mass is 10.8. The van der Waals surface area contributed by atoms with Gasteiger partial charge in [-0.25, -0.2) is 0 Å². The molecule has 0 aliphatic heterocycles. The lowest BCUT2D eigenvalue weighted by molar-refractivity contribution is -0.350. The van der Waals surface area contributed by atoms with Gasteiger partial charge in [0.25, 0.3) is 0 Å². The molecule has 0 saturated carbocycles. The van der Waals surface area contributed by atoms with E-state index in [4.69, 9.17) is 0 Å². The highest BCUT2D eigenvalue weighted by atomic mass is 19.4. The third-order valence-electron chi connectivity index (χ3n) is 0.652. The fraction of sp³-hybridized carbons (Fsp3) is 0.667. The number of alkyl halides is 6. The first-order chi connectivity index (χ1) is 4.69. The van der Waals surface area contributed by atoms with E-state index in [9.17, 15) is 31.1 Å². The van der Waals surface area contributed by atoms with Crippen molar-refractivity contribution in [3.05, 3.63) is 0 Å². The molecule has 0 heterocycles. The van der Waals surface area contributed by atoms with Crippen molar-refractivity contribution in [1.82, 2.24) is 4.90 Å². The molecule has 0 atom stereocenters. The van der Waals surface area contributed by atoms with E-state index in [1.54, 1.807) is 0 Å². The van der Waals surface area contributed by atoms with Gasteiger partial charge in [-0.2, -0.15) is 4.90 Å². The van der Waals surface area contributed by atoms with Gasteiger partial charge in [0, 0.05) is 0 Å². The SMILES string of the molecule is O=CN(C(F)(F)F)C(F)(F)F. The van der Waals surface area contributed by atoms with Crippen LogP contribution >= 0.6 is 0 Å². The summed E-state index contributed by atoms with van der Waals surface area (Å²) in [5, 5.41) is 0. The fourth-order valence-electron chi connectivity index (χ4n) is 0.263. The predicted octanol–water partition coefficient (Wildman–Crippen LogP) is 1.48. The van der Waals surface area contributed by atoms with Crippen LogP contribution in [-0.2, 0) is 4.79 Å². The number of carbonyl (C=O) groups excluding carboxylic acids is 1. The highest BCUT2D eigenvalue weighted by molar-refractivity contribution is 5.48. The van der Waals surface area contributed by atoms with Crippen molar-refractivity contribution in [1.29, 1.82) is 0 Å². The van der Waals surface area contributed by atoms with Gasteiger partial charge in [-0.15, -0.1) is 26.3 Å². The van der Waals surface area contributed by atoms with E-state index < -0.39 is 23.9 Å². The molecule has 0 aromatic carbocycles. The summed E-state index contributed by atoms with van der Waals surface area (Å²) in [7, 11) is 0. The van der Waals surface area contributed by atoms with Gasteiger partial charge in [-0.1, -0.05) is 0 Å². The molecule has 0 aromatic rings. The van der Waals surface area contributed by atoms with Crippen LogP contribution in [0.15, 0.2) is 0 Å². The maximum Gasteiger partial charge on any atom is 0.493 e. The molecule has 11 heavy (non-hydrogen) atoms. The summed E-state index contributed by atoms with van der Waals surface area (Å²) < 4.78 is 67.1. The summed E-state index contributed by atoms with van der Waals surface area (Å²) in [5.74, 6) is 0. The zero-order valence-electron chi connectivity index (χ0n) is 4.70. The van der Waals surface area contributed by atoms with Gasteiger partial charge < -0.3 is 0 Å². The monoisotopic (exact) mass is 181 g/mol. The smallest absolute Gasteiger partial charge is 0.278 e. The lowest BCUT2D eigenvalue weighted by Crippen LogP contribution is -2.46. The Bertz CT molecular complexity index is 133. The molecule has 0 rings (SSSR count). The Kier molecular flexibility index (Phi) is 2.37. The van der Waals surface area contributed by atoms with Crippen molar-refractivity contribution in [3.63, 3.8) is 0 Å². The van der Waals surface area contributed by atoms with Crippen LogP contribution in [0.3, 0.4) is 0 Å². The molecule has 0 radical (unpaired) electrons.